The number of hydrogen-bond acceptors (Lipinski definition) is 4. The molecule has 2 heterocycles. The van der Waals surface area contributed by atoms with E-state index in [1.807, 2.05) is 0 Å². The van der Waals surface area contributed by atoms with E-state index in [9.17, 15) is 0 Å². The second-order valence-corrected chi connectivity index (χ2v) is 7.61. The zero-order chi connectivity index (χ0) is 16.1. The fourth-order valence-electron chi connectivity index (χ4n) is 3.78. The average Bonchev–Trinajstić information content (AvgIpc) is 2.58. The van der Waals surface area contributed by atoms with E-state index < -0.39 is 0 Å². The van der Waals surface area contributed by atoms with Gasteiger partial charge in [0, 0.05) is 36.3 Å². The standard InChI is InChI=1S/C18H28BrN3O.ClH/c19-17-4-3-16(18(12-17)22-8-10-23-11-9-22)14-21-7-1-2-15(13-21)5-6-20;/h3-4,12,15H,1-2,5-11,13-14,20H2;1H. The molecule has 2 N–H and O–H groups in total. The van der Waals surface area contributed by atoms with Crippen molar-refractivity contribution in [1.82, 2.24) is 4.90 Å². The molecule has 0 spiro atoms. The lowest BCUT2D eigenvalue weighted by atomic mass is 9.94. The van der Waals surface area contributed by atoms with Crippen LogP contribution in [-0.2, 0) is 11.3 Å². The van der Waals surface area contributed by atoms with E-state index in [4.69, 9.17) is 10.5 Å². The number of ether oxygens (including phenoxy) is 1. The molecule has 1 aromatic rings. The third-order valence-corrected chi connectivity index (χ3v) is 5.46. The van der Waals surface area contributed by atoms with Crippen molar-refractivity contribution in [1.29, 1.82) is 0 Å². The van der Waals surface area contributed by atoms with Crippen molar-refractivity contribution < 1.29 is 4.74 Å². The number of nitrogens with zero attached hydrogens (tertiary/aromatic N) is 2. The molecule has 2 fully saturated rings. The fourth-order valence-corrected chi connectivity index (χ4v) is 4.13. The van der Waals surface area contributed by atoms with Crippen molar-refractivity contribution >= 4 is 34.0 Å². The topological polar surface area (TPSA) is 41.7 Å². The Morgan fingerprint density at radius 3 is 2.75 bits per heavy atom. The summed E-state index contributed by atoms with van der Waals surface area (Å²) in [5, 5.41) is 0. The second kappa shape index (κ2) is 9.97. The minimum absolute atomic E-state index is 0. The number of piperidine rings is 1. The summed E-state index contributed by atoms with van der Waals surface area (Å²) >= 11 is 3.63. The van der Waals surface area contributed by atoms with Gasteiger partial charge >= 0.3 is 0 Å². The normalized spacial score (nSPS) is 22.2. The third kappa shape index (κ3) is 5.33. The van der Waals surface area contributed by atoms with Crippen LogP contribution in [0.15, 0.2) is 22.7 Å². The van der Waals surface area contributed by atoms with E-state index >= 15 is 0 Å². The molecule has 0 bridgehead atoms. The number of likely N-dealkylation sites (tertiary alicyclic amines) is 1. The Hall–Kier alpha value is -0.330. The van der Waals surface area contributed by atoms with Crippen LogP contribution in [0.25, 0.3) is 0 Å². The van der Waals surface area contributed by atoms with Gasteiger partial charge in [0.1, 0.15) is 0 Å². The predicted octanol–water partition coefficient (Wildman–Crippen LogP) is 3.27. The molecule has 136 valence electrons. The van der Waals surface area contributed by atoms with Crippen LogP contribution in [0.5, 0.6) is 0 Å². The maximum absolute atomic E-state index is 5.75. The van der Waals surface area contributed by atoms with Gasteiger partial charge in [-0.25, -0.2) is 0 Å². The molecule has 6 heteroatoms. The molecular weight excluding hydrogens is 390 g/mol. The van der Waals surface area contributed by atoms with Crippen LogP contribution in [0.4, 0.5) is 5.69 Å². The van der Waals surface area contributed by atoms with Gasteiger partial charge in [0.15, 0.2) is 0 Å². The van der Waals surface area contributed by atoms with E-state index in [1.54, 1.807) is 0 Å². The van der Waals surface area contributed by atoms with Crippen LogP contribution in [0.3, 0.4) is 0 Å². The molecule has 4 nitrogen and oxygen atoms in total. The van der Waals surface area contributed by atoms with Gasteiger partial charge in [-0.05, 0) is 56.0 Å². The molecule has 0 aromatic heterocycles. The Labute approximate surface area is 160 Å². The quantitative estimate of drug-likeness (QED) is 0.797. The Balaban J connectivity index is 0.00000208. The number of anilines is 1. The van der Waals surface area contributed by atoms with Gasteiger partial charge in [-0.15, -0.1) is 12.4 Å². The van der Waals surface area contributed by atoms with Crippen LogP contribution in [0.2, 0.25) is 0 Å². The van der Waals surface area contributed by atoms with Crippen molar-refractivity contribution in [3.05, 3.63) is 28.2 Å². The van der Waals surface area contributed by atoms with Crippen LogP contribution < -0.4 is 10.6 Å². The number of benzene rings is 1. The first-order valence-corrected chi connectivity index (χ1v) is 9.59. The summed E-state index contributed by atoms with van der Waals surface area (Å²) in [6.07, 6.45) is 3.80. The molecule has 0 aliphatic carbocycles. The second-order valence-electron chi connectivity index (χ2n) is 6.69. The van der Waals surface area contributed by atoms with Gasteiger partial charge in [0.25, 0.3) is 0 Å². The lowest BCUT2D eigenvalue weighted by Crippen LogP contribution is -2.38. The first kappa shape index (κ1) is 20.0. The van der Waals surface area contributed by atoms with Crippen molar-refractivity contribution in [3.8, 4) is 0 Å². The molecule has 2 aliphatic heterocycles. The molecule has 1 unspecified atom stereocenters. The highest BCUT2D eigenvalue weighted by atomic mass is 79.9. The Bertz CT molecular complexity index is 509. The third-order valence-electron chi connectivity index (χ3n) is 4.97. The molecule has 0 amide bonds. The van der Waals surface area contributed by atoms with Crippen LogP contribution >= 0.6 is 28.3 Å². The van der Waals surface area contributed by atoms with Gasteiger partial charge in [-0.2, -0.15) is 0 Å². The zero-order valence-corrected chi connectivity index (χ0v) is 16.7. The summed E-state index contributed by atoms with van der Waals surface area (Å²) in [4.78, 5) is 5.07. The highest BCUT2D eigenvalue weighted by Crippen LogP contribution is 2.29. The van der Waals surface area contributed by atoms with Crippen molar-refractivity contribution in [2.45, 2.75) is 25.8 Å². The maximum atomic E-state index is 5.75. The smallest absolute Gasteiger partial charge is 0.0642 e. The number of nitrogens with two attached hydrogens (primary N) is 1. The molecule has 2 saturated heterocycles. The SMILES string of the molecule is Cl.NCCC1CCCN(Cc2ccc(Br)cc2N2CCOCC2)C1. The summed E-state index contributed by atoms with van der Waals surface area (Å²) in [5.74, 6) is 0.774. The lowest BCUT2D eigenvalue weighted by molar-refractivity contribution is 0.122. The molecule has 3 rings (SSSR count). The Morgan fingerprint density at radius 2 is 2.00 bits per heavy atom. The summed E-state index contributed by atoms with van der Waals surface area (Å²) in [6, 6.07) is 6.71. The minimum atomic E-state index is 0. The zero-order valence-electron chi connectivity index (χ0n) is 14.3. The molecule has 1 atom stereocenters. The Morgan fingerprint density at radius 1 is 1.21 bits per heavy atom. The average molecular weight is 419 g/mol. The van der Waals surface area contributed by atoms with Gasteiger partial charge in [0.05, 0.1) is 13.2 Å². The predicted molar refractivity (Wildman–Crippen MR) is 106 cm³/mol. The highest BCUT2D eigenvalue weighted by Gasteiger charge is 2.21. The number of rotatable bonds is 5. The van der Waals surface area contributed by atoms with Crippen molar-refractivity contribution in [3.63, 3.8) is 0 Å². The van der Waals surface area contributed by atoms with Gasteiger partial charge in [0.2, 0.25) is 0 Å². The van der Waals surface area contributed by atoms with Crippen LogP contribution in [-0.4, -0.2) is 50.8 Å². The molecule has 0 radical (unpaired) electrons. The highest BCUT2D eigenvalue weighted by molar-refractivity contribution is 9.10. The molecule has 0 saturated carbocycles. The van der Waals surface area contributed by atoms with Crippen LogP contribution in [0.1, 0.15) is 24.8 Å². The van der Waals surface area contributed by atoms with Gasteiger partial charge in [-0.1, -0.05) is 22.0 Å². The molecule has 1 aromatic carbocycles. The number of hydrogen-bond donors (Lipinski definition) is 1. The first-order chi connectivity index (χ1) is 11.3. The van der Waals surface area contributed by atoms with E-state index in [2.05, 4.69) is 43.9 Å². The first-order valence-electron chi connectivity index (χ1n) is 8.80. The summed E-state index contributed by atoms with van der Waals surface area (Å²) in [7, 11) is 0. The molecule has 24 heavy (non-hydrogen) atoms. The van der Waals surface area contributed by atoms with Crippen molar-refractivity contribution in [2.75, 3.05) is 50.8 Å². The van der Waals surface area contributed by atoms with E-state index in [-0.39, 0.29) is 12.4 Å². The maximum Gasteiger partial charge on any atom is 0.0642 e. The van der Waals surface area contributed by atoms with E-state index in [0.717, 1.165) is 56.2 Å². The fraction of sp³-hybridized carbons (Fsp3) is 0.667. The van der Waals surface area contributed by atoms with Gasteiger partial charge < -0.3 is 15.4 Å². The monoisotopic (exact) mass is 417 g/mol. The lowest BCUT2D eigenvalue weighted by Gasteiger charge is -2.35. The Kier molecular flexibility index (Phi) is 8.31. The largest absolute Gasteiger partial charge is 0.378 e. The minimum Gasteiger partial charge on any atom is -0.378 e. The number of morpholine rings is 1. The molecular formula is C18H29BrClN3O. The summed E-state index contributed by atoms with van der Waals surface area (Å²) in [6.45, 7) is 7.88. The van der Waals surface area contributed by atoms with E-state index in [1.165, 1.54) is 37.2 Å². The number of halogens is 2. The summed E-state index contributed by atoms with van der Waals surface area (Å²) in [5.41, 5.74) is 8.55. The van der Waals surface area contributed by atoms with Crippen LogP contribution in [0, 0.1) is 5.92 Å². The van der Waals surface area contributed by atoms with Crippen molar-refractivity contribution in [2.24, 2.45) is 11.7 Å². The summed E-state index contributed by atoms with van der Waals surface area (Å²) < 4.78 is 6.66. The van der Waals surface area contributed by atoms with Gasteiger partial charge in [-0.3, -0.25) is 4.90 Å². The van der Waals surface area contributed by atoms with E-state index in [0.29, 0.717) is 0 Å². The molecule has 2 aliphatic rings.